The van der Waals surface area contributed by atoms with E-state index in [1.165, 1.54) is 11.0 Å². The Morgan fingerprint density at radius 3 is 2.64 bits per heavy atom. The number of aromatic nitrogens is 2. The Kier molecular flexibility index (Phi) is 2.75. The van der Waals surface area contributed by atoms with Crippen LogP contribution in [0.3, 0.4) is 0 Å². The predicted octanol–water partition coefficient (Wildman–Crippen LogP) is 3.03. The average Bonchev–Trinajstić information content (AvgIpc) is 2.48. The minimum atomic E-state index is -3.26. The van der Waals surface area contributed by atoms with Crippen molar-refractivity contribution in [1.82, 2.24) is 14.6 Å². The van der Waals surface area contributed by atoms with Crippen LogP contribution in [0.1, 0.15) is 11.3 Å². The van der Waals surface area contributed by atoms with Crippen molar-refractivity contribution in [1.29, 1.82) is 0 Å². The summed E-state index contributed by atoms with van der Waals surface area (Å²) >= 11 is 16.9. The first-order chi connectivity index (χ1) is 6.48. The third kappa shape index (κ3) is 1.90. The average molecular weight is 272 g/mol. The normalized spacial score (nSPS) is 17.1. The lowest BCUT2D eigenvalue weighted by Crippen LogP contribution is -2.06. The van der Waals surface area contributed by atoms with Crippen LogP contribution in [0.25, 0.3) is 0 Å². The van der Waals surface area contributed by atoms with E-state index in [9.17, 15) is 4.57 Å². The Bertz CT molecular complexity index is 421. The highest BCUT2D eigenvalue weighted by molar-refractivity contribution is 8.06. The highest BCUT2D eigenvalue weighted by atomic mass is 35.9. The molecule has 0 atom stereocenters. The minimum absolute atomic E-state index is 0.333. The molecule has 0 fully saturated rings. The first-order valence-corrected chi connectivity index (χ1v) is 7.56. The Morgan fingerprint density at radius 1 is 1.36 bits per heavy atom. The molecule has 0 amide bonds. The molecule has 2 rings (SSSR count). The summed E-state index contributed by atoms with van der Waals surface area (Å²) in [4.78, 5) is 7.83. The monoisotopic (exact) mass is 271 g/mol. The van der Waals surface area contributed by atoms with E-state index in [0.29, 0.717) is 18.2 Å². The van der Waals surface area contributed by atoms with E-state index < -0.39 is 6.00 Å². The van der Waals surface area contributed by atoms with Gasteiger partial charge in [-0.25, -0.2) is 14.6 Å². The molecule has 76 valence electrons. The van der Waals surface area contributed by atoms with Crippen LogP contribution in [0, 0.1) is 0 Å². The van der Waals surface area contributed by atoms with Crippen LogP contribution < -0.4 is 0 Å². The summed E-state index contributed by atoms with van der Waals surface area (Å²) in [5.74, 6) is -3.26. The van der Waals surface area contributed by atoms with Gasteiger partial charge in [0.2, 0.25) is 0 Å². The first-order valence-electron chi connectivity index (χ1n) is 3.71. The topological polar surface area (TPSA) is 46.1 Å². The van der Waals surface area contributed by atoms with Crippen LogP contribution in [-0.4, -0.2) is 14.6 Å². The van der Waals surface area contributed by atoms with Crippen molar-refractivity contribution >= 4 is 40.1 Å². The van der Waals surface area contributed by atoms with E-state index in [4.69, 9.17) is 34.1 Å². The van der Waals surface area contributed by atoms with E-state index in [0.717, 1.165) is 11.3 Å². The molecule has 0 radical (unpaired) electrons. The van der Waals surface area contributed by atoms with Crippen LogP contribution in [0.4, 0.5) is 0 Å². The molecule has 0 aliphatic carbocycles. The van der Waals surface area contributed by atoms with Crippen LogP contribution in [0.5, 0.6) is 0 Å². The second-order valence-corrected chi connectivity index (χ2v) is 7.91. The van der Waals surface area contributed by atoms with Gasteiger partial charge in [0.25, 0.3) is 0 Å². The van der Waals surface area contributed by atoms with Gasteiger partial charge < -0.3 is 0 Å². The molecule has 0 unspecified atom stereocenters. The Hall–Kier alpha value is 0.140. The molecule has 0 bridgehead atoms. The van der Waals surface area contributed by atoms with Gasteiger partial charge in [0, 0.05) is 12.1 Å². The number of nitrogens with zero attached hydrogens (tertiary/aromatic N) is 3. The molecule has 0 saturated carbocycles. The molecule has 14 heavy (non-hydrogen) atoms. The van der Waals surface area contributed by atoms with Gasteiger partial charge in [-0.1, -0.05) is 11.6 Å². The second kappa shape index (κ2) is 3.62. The number of halogens is 3. The molecule has 0 aromatic carbocycles. The summed E-state index contributed by atoms with van der Waals surface area (Å²) in [6.07, 6.45) is 1.36. The van der Waals surface area contributed by atoms with Crippen LogP contribution in [-0.2, 0) is 17.7 Å². The van der Waals surface area contributed by atoms with Crippen molar-refractivity contribution in [2.75, 3.05) is 0 Å². The molecule has 0 spiro atoms. The summed E-state index contributed by atoms with van der Waals surface area (Å²) in [7, 11) is 0. The Morgan fingerprint density at radius 2 is 2.07 bits per heavy atom. The van der Waals surface area contributed by atoms with E-state index in [1.807, 2.05) is 0 Å². The third-order valence-electron chi connectivity index (χ3n) is 1.98. The molecule has 1 aliphatic heterocycles. The molecule has 2 heterocycles. The van der Waals surface area contributed by atoms with Gasteiger partial charge >= 0.3 is 6.00 Å². The van der Waals surface area contributed by atoms with Gasteiger partial charge in [0.1, 0.15) is 11.5 Å². The maximum Gasteiger partial charge on any atom is 0.322 e. The summed E-state index contributed by atoms with van der Waals surface area (Å²) in [6.45, 7) is 0.682. The molecular formula is C6H5Cl3N3OP. The van der Waals surface area contributed by atoms with E-state index in [-0.39, 0.29) is 0 Å². The SMILES string of the molecule is O=P(Cl)(Cl)N1Cc2ncnc(Cl)c2C1. The van der Waals surface area contributed by atoms with E-state index in [2.05, 4.69) is 9.97 Å². The number of rotatable bonds is 1. The Labute approximate surface area is 95.2 Å². The zero-order chi connectivity index (χ0) is 10.3. The van der Waals surface area contributed by atoms with Crippen molar-refractivity contribution in [3.05, 3.63) is 22.7 Å². The molecular weight excluding hydrogens is 267 g/mol. The van der Waals surface area contributed by atoms with E-state index >= 15 is 0 Å². The lowest BCUT2D eigenvalue weighted by molar-refractivity contribution is 0.450. The maximum atomic E-state index is 11.4. The predicted molar refractivity (Wildman–Crippen MR) is 55.6 cm³/mol. The van der Waals surface area contributed by atoms with Crippen molar-refractivity contribution in [2.24, 2.45) is 0 Å². The lowest BCUT2D eigenvalue weighted by Gasteiger charge is -2.14. The molecule has 1 aromatic heterocycles. The highest BCUT2D eigenvalue weighted by Crippen LogP contribution is 2.62. The van der Waals surface area contributed by atoms with Crippen LogP contribution in [0.15, 0.2) is 6.33 Å². The Balaban J connectivity index is 2.35. The maximum absolute atomic E-state index is 11.4. The summed E-state index contributed by atoms with van der Waals surface area (Å²) in [5, 5.41) is 0.360. The molecule has 0 N–H and O–H groups in total. The van der Waals surface area contributed by atoms with Crippen molar-refractivity contribution in [3.8, 4) is 0 Å². The summed E-state index contributed by atoms with van der Waals surface area (Å²) < 4.78 is 12.8. The highest BCUT2D eigenvalue weighted by Gasteiger charge is 2.33. The third-order valence-corrected chi connectivity index (χ3v) is 4.53. The summed E-state index contributed by atoms with van der Waals surface area (Å²) in [6, 6.07) is 0. The standard InChI is InChI=1S/C6H5Cl3N3OP/c7-6-4-1-12(14(8,9)13)2-5(4)10-3-11-6/h3H,1-2H2. The van der Waals surface area contributed by atoms with E-state index in [1.54, 1.807) is 0 Å². The summed E-state index contributed by atoms with van der Waals surface area (Å²) in [5.41, 5.74) is 1.47. The fourth-order valence-corrected chi connectivity index (χ4v) is 2.75. The zero-order valence-corrected chi connectivity index (χ0v) is 9.98. The van der Waals surface area contributed by atoms with Gasteiger partial charge in [-0.3, -0.25) is 4.57 Å². The molecule has 8 heteroatoms. The second-order valence-electron chi connectivity index (χ2n) is 2.85. The molecule has 1 aliphatic rings. The van der Waals surface area contributed by atoms with Crippen LogP contribution in [0.2, 0.25) is 5.15 Å². The minimum Gasteiger partial charge on any atom is -0.271 e. The van der Waals surface area contributed by atoms with Crippen LogP contribution >= 0.6 is 40.1 Å². The number of hydrogen-bond acceptors (Lipinski definition) is 3. The fraction of sp³-hybridized carbons (Fsp3) is 0.333. The van der Waals surface area contributed by atoms with Crippen molar-refractivity contribution in [2.45, 2.75) is 13.1 Å². The molecule has 1 aromatic rings. The smallest absolute Gasteiger partial charge is 0.271 e. The zero-order valence-electron chi connectivity index (χ0n) is 6.82. The lowest BCUT2D eigenvalue weighted by atomic mass is 10.3. The molecule has 0 saturated heterocycles. The first kappa shape index (κ1) is 10.7. The van der Waals surface area contributed by atoms with Crippen molar-refractivity contribution in [3.63, 3.8) is 0 Å². The fourth-order valence-electron chi connectivity index (χ4n) is 1.29. The van der Waals surface area contributed by atoms with Crippen molar-refractivity contribution < 1.29 is 4.57 Å². The quantitative estimate of drug-likeness (QED) is 0.582. The van der Waals surface area contributed by atoms with Gasteiger partial charge in [-0.05, 0) is 22.5 Å². The number of fused-ring (bicyclic) bond motifs is 1. The number of hydrogen-bond donors (Lipinski definition) is 0. The van der Waals surface area contributed by atoms with Gasteiger partial charge in [0.15, 0.2) is 0 Å². The largest absolute Gasteiger partial charge is 0.322 e. The van der Waals surface area contributed by atoms with Gasteiger partial charge in [0.05, 0.1) is 12.2 Å². The molecule has 4 nitrogen and oxygen atoms in total. The van der Waals surface area contributed by atoms with Gasteiger partial charge in [-0.2, -0.15) is 0 Å². The van der Waals surface area contributed by atoms with Gasteiger partial charge in [-0.15, -0.1) is 0 Å².